The molecule has 22 heavy (non-hydrogen) atoms. The number of ether oxygens (including phenoxy) is 1. The van der Waals surface area contributed by atoms with Crippen LogP contribution in [0.4, 0.5) is 10.3 Å². The number of primary sulfonamides is 1. The van der Waals surface area contributed by atoms with Crippen LogP contribution >= 0.6 is 0 Å². The SMILES string of the molecule is CCOC(=O)[C@H]1C[C@@H](S(N)(=O)=O)CN(c2ncc(F)cn2)C1. The van der Waals surface area contributed by atoms with E-state index in [0.29, 0.717) is 0 Å². The summed E-state index contributed by atoms with van der Waals surface area (Å²) in [6, 6.07) is 0. The van der Waals surface area contributed by atoms with Crippen LogP contribution in [0.3, 0.4) is 0 Å². The van der Waals surface area contributed by atoms with Crippen molar-refractivity contribution in [3.8, 4) is 0 Å². The van der Waals surface area contributed by atoms with Crippen LogP contribution in [-0.2, 0) is 19.6 Å². The van der Waals surface area contributed by atoms with E-state index in [9.17, 15) is 17.6 Å². The van der Waals surface area contributed by atoms with Crippen LogP contribution in [0.25, 0.3) is 0 Å². The lowest BCUT2D eigenvalue weighted by Gasteiger charge is -2.35. The van der Waals surface area contributed by atoms with Crippen molar-refractivity contribution in [3.05, 3.63) is 18.2 Å². The molecular weight excluding hydrogens is 315 g/mol. The van der Waals surface area contributed by atoms with E-state index in [1.165, 1.54) is 4.90 Å². The molecule has 0 saturated carbocycles. The van der Waals surface area contributed by atoms with E-state index in [4.69, 9.17) is 9.88 Å². The average Bonchev–Trinajstić information content (AvgIpc) is 2.47. The van der Waals surface area contributed by atoms with Crippen molar-refractivity contribution in [2.24, 2.45) is 11.1 Å². The monoisotopic (exact) mass is 332 g/mol. The number of aromatic nitrogens is 2. The molecule has 1 fully saturated rings. The Balaban J connectivity index is 2.25. The number of halogens is 1. The lowest BCUT2D eigenvalue weighted by Crippen LogP contribution is -2.51. The molecule has 1 aliphatic rings. The highest BCUT2D eigenvalue weighted by Crippen LogP contribution is 2.24. The van der Waals surface area contributed by atoms with Gasteiger partial charge < -0.3 is 9.64 Å². The Morgan fingerprint density at radius 2 is 2.09 bits per heavy atom. The Labute approximate surface area is 127 Å². The first-order valence-corrected chi connectivity index (χ1v) is 8.33. The van der Waals surface area contributed by atoms with Gasteiger partial charge in [0.15, 0.2) is 5.82 Å². The number of rotatable bonds is 4. The van der Waals surface area contributed by atoms with E-state index in [1.807, 2.05) is 0 Å². The van der Waals surface area contributed by atoms with Crippen LogP contribution in [0.2, 0.25) is 0 Å². The first-order valence-electron chi connectivity index (χ1n) is 6.72. The highest BCUT2D eigenvalue weighted by atomic mass is 32.2. The van der Waals surface area contributed by atoms with Crippen LogP contribution in [0.1, 0.15) is 13.3 Å². The van der Waals surface area contributed by atoms with E-state index in [-0.39, 0.29) is 32.1 Å². The number of anilines is 1. The van der Waals surface area contributed by atoms with Gasteiger partial charge in [0.2, 0.25) is 16.0 Å². The predicted octanol–water partition coefficient (Wildman–Crippen LogP) is -0.338. The second-order valence-corrected chi connectivity index (χ2v) is 6.85. The summed E-state index contributed by atoms with van der Waals surface area (Å²) in [4.78, 5) is 21.0. The van der Waals surface area contributed by atoms with Gasteiger partial charge in [-0.05, 0) is 13.3 Å². The summed E-state index contributed by atoms with van der Waals surface area (Å²) < 4.78 is 41.1. The van der Waals surface area contributed by atoms with E-state index in [2.05, 4.69) is 9.97 Å². The molecule has 1 aliphatic heterocycles. The van der Waals surface area contributed by atoms with E-state index in [1.54, 1.807) is 6.92 Å². The third-order valence-electron chi connectivity index (χ3n) is 3.39. The third-order valence-corrected chi connectivity index (χ3v) is 4.66. The molecule has 2 N–H and O–H groups in total. The maximum absolute atomic E-state index is 12.9. The van der Waals surface area contributed by atoms with Gasteiger partial charge in [0.1, 0.15) is 0 Å². The molecular formula is C12H17FN4O4S. The number of hydrogen-bond donors (Lipinski definition) is 1. The second-order valence-electron chi connectivity index (χ2n) is 5.00. The fraction of sp³-hybridized carbons (Fsp3) is 0.583. The molecule has 1 aromatic heterocycles. The number of carbonyl (C=O) groups is 1. The van der Waals surface area contributed by atoms with Crippen LogP contribution in [0.5, 0.6) is 0 Å². The quantitative estimate of drug-likeness (QED) is 0.750. The molecule has 0 bridgehead atoms. The minimum absolute atomic E-state index is 0.0420. The minimum atomic E-state index is -3.84. The molecule has 0 aliphatic carbocycles. The maximum atomic E-state index is 12.9. The molecule has 2 atom stereocenters. The zero-order chi connectivity index (χ0) is 16.3. The van der Waals surface area contributed by atoms with Crippen molar-refractivity contribution < 1.29 is 22.3 Å². The molecule has 2 heterocycles. The predicted molar refractivity (Wildman–Crippen MR) is 75.8 cm³/mol. The largest absolute Gasteiger partial charge is 0.466 e. The van der Waals surface area contributed by atoms with E-state index in [0.717, 1.165) is 12.4 Å². The van der Waals surface area contributed by atoms with Crippen LogP contribution in [-0.4, -0.2) is 49.3 Å². The van der Waals surface area contributed by atoms with Crippen molar-refractivity contribution in [3.63, 3.8) is 0 Å². The lowest BCUT2D eigenvalue weighted by molar-refractivity contribution is -0.148. The molecule has 0 unspecified atom stereocenters. The topological polar surface area (TPSA) is 115 Å². The lowest BCUT2D eigenvalue weighted by atomic mass is 9.98. The summed E-state index contributed by atoms with van der Waals surface area (Å²) in [5, 5.41) is 4.26. The van der Waals surface area contributed by atoms with Crippen molar-refractivity contribution in [1.29, 1.82) is 0 Å². The molecule has 0 amide bonds. The average molecular weight is 332 g/mol. The van der Waals surface area contributed by atoms with Gasteiger partial charge in [-0.3, -0.25) is 4.79 Å². The number of esters is 1. The fourth-order valence-corrected chi connectivity index (χ4v) is 3.24. The van der Waals surface area contributed by atoms with Crippen molar-refractivity contribution in [2.45, 2.75) is 18.6 Å². The fourth-order valence-electron chi connectivity index (χ4n) is 2.35. The van der Waals surface area contributed by atoms with Gasteiger partial charge in [0, 0.05) is 13.1 Å². The van der Waals surface area contributed by atoms with Crippen molar-refractivity contribution in [1.82, 2.24) is 9.97 Å². The normalized spacial score (nSPS) is 22.4. The molecule has 8 nitrogen and oxygen atoms in total. The van der Waals surface area contributed by atoms with Gasteiger partial charge in [0.25, 0.3) is 0 Å². The number of nitrogens with zero attached hydrogens (tertiary/aromatic N) is 3. The smallest absolute Gasteiger partial charge is 0.310 e. The van der Waals surface area contributed by atoms with Gasteiger partial charge in [0.05, 0.1) is 30.2 Å². The third kappa shape index (κ3) is 3.89. The Morgan fingerprint density at radius 1 is 1.45 bits per heavy atom. The molecule has 0 spiro atoms. The Bertz CT molecular complexity index is 637. The zero-order valence-corrected chi connectivity index (χ0v) is 12.8. The summed E-state index contributed by atoms with van der Waals surface area (Å²) in [7, 11) is -3.84. The van der Waals surface area contributed by atoms with Crippen LogP contribution in [0.15, 0.2) is 12.4 Å². The van der Waals surface area contributed by atoms with Gasteiger partial charge in [-0.25, -0.2) is 27.9 Å². The zero-order valence-electron chi connectivity index (χ0n) is 12.0. The number of nitrogens with two attached hydrogens (primary N) is 1. The Kier molecular flexibility index (Phi) is 4.91. The molecule has 2 rings (SSSR count). The van der Waals surface area contributed by atoms with E-state index >= 15 is 0 Å². The van der Waals surface area contributed by atoms with Gasteiger partial charge >= 0.3 is 5.97 Å². The summed E-state index contributed by atoms with van der Waals surface area (Å²) in [5.74, 6) is -1.62. The second kappa shape index (κ2) is 6.53. The molecule has 0 aromatic carbocycles. The summed E-state index contributed by atoms with van der Waals surface area (Å²) in [6.07, 6.45) is 2.03. The number of piperidine rings is 1. The Hall–Kier alpha value is -1.81. The maximum Gasteiger partial charge on any atom is 0.310 e. The van der Waals surface area contributed by atoms with Crippen molar-refractivity contribution >= 4 is 21.9 Å². The van der Waals surface area contributed by atoms with E-state index < -0.39 is 33.0 Å². The number of carbonyl (C=O) groups excluding carboxylic acids is 1. The van der Waals surface area contributed by atoms with Gasteiger partial charge in [-0.1, -0.05) is 0 Å². The molecule has 1 saturated heterocycles. The first-order chi connectivity index (χ1) is 10.3. The summed E-state index contributed by atoms with van der Waals surface area (Å²) >= 11 is 0. The van der Waals surface area contributed by atoms with Crippen LogP contribution < -0.4 is 10.0 Å². The molecule has 1 aromatic rings. The minimum Gasteiger partial charge on any atom is -0.466 e. The number of hydrogen-bond acceptors (Lipinski definition) is 7. The number of sulfonamides is 1. The Morgan fingerprint density at radius 3 is 2.64 bits per heavy atom. The standard InChI is InChI=1S/C12H17FN4O4S/c1-2-21-11(18)8-3-10(22(14,19)20)7-17(6-8)12-15-4-9(13)5-16-12/h4-5,8,10H,2-3,6-7H2,1H3,(H2,14,19,20)/t8-,10+/m0/s1. The van der Waals surface area contributed by atoms with Gasteiger partial charge in [-0.15, -0.1) is 0 Å². The van der Waals surface area contributed by atoms with Gasteiger partial charge in [-0.2, -0.15) is 0 Å². The highest BCUT2D eigenvalue weighted by Gasteiger charge is 2.38. The highest BCUT2D eigenvalue weighted by molar-refractivity contribution is 7.89. The first kappa shape index (κ1) is 16.6. The summed E-state index contributed by atoms with van der Waals surface area (Å²) in [5.41, 5.74) is 0. The summed E-state index contributed by atoms with van der Waals surface area (Å²) in [6.45, 7) is 2.10. The molecule has 122 valence electrons. The molecule has 0 radical (unpaired) electrons. The van der Waals surface area contributed by atoms with Crippen molar-refractivity contribution in [2.75, 3.05) is 24.6 Å². The van der Waals surface area contributed by atoms with Crippen LogP contribution in [0, 0.1) is 11.7 Å². The molecule has 10 heteroatoms.